The Hall–Kier alpha value is -0.380. The molecule has 0 bridgehead atoms. The molecule has 0 saturated carbocycles. The number of nitrogens with zero attached hydrogens (tertiary/aromatic N) is 1. The highest BCUT2D eigenvalue weighted by molar-refractivity contribution is 4.88. The Kier molecular flexibility index (Phi) is 6.90. The Morgan fingerprint density at radius 3 is 2.78 bits per heavy atom. The second-order valence-corrected chi connectivity index (χ2v) is 5.83. The third-order valence-electron chi connectivity index (χ3n) is 3.67. The maximum absolute atomic E-state index is 5.63. The van der Waals surface area contributed by atoms with Gasteiger partial charge in [-0.1, -0.05) is 32.9 Å². The van der Waals surface area contributed by atoms with Crippen LogP contribution in [-0.4, -0.2) is 49.8 Å². The molecule has 106 valence electrons. The van der Waals surface area contributed by atoms with Gasteiger partial charge in [0.1, 0.15) is 0 Å². The predicted octanol–water partition coefficient (Wildman–Crippen LogP) is 2.29. The van der Waals surface area contributed by atoms with E-state index in [1.807, 2.05) is 6.92 Å². The zero-order valence-electron chi connectivity index (χ0n) is 12.5. The monoisotopic (exact) mass is 254 g/mol. The molecule has 1 aliphatic rings. The molecule has 1 aliphatic heterocycles. The molecule has 0 radical (unpaired) electrons. The van der Waals surface area contributed by atoms with Crippen LogP contribution in [-0.2, 0) is 4.74 Å². The van der Waals surface area contributed by atoms with Crippen molar-refractivity contribution >= 4 is 0 Å². The first-order valence-electron chi connectivity index (χ1n) is 7.24. The normalized spacial score (nSPS) is 25.6. The van der Waals surface area contributed by atoms with Crippen LogP contribution in [0.25, 0.3) is 0 Å². The summed E-state index contributed by atoms with van der Waals surface area (Å²) < 4.78 is 5.63. The molecular weight excluding hydrogens is 224 g/mol. The fourth-order valence-electron chi connectivity index (χ4n) is 2.52. The van der Waals surface area contributed by atoms with Crippen LogP contribution in [0.1, 0.15) is 34.1 Å². The van der Waals surface area contributed by atoms with Crippen LogP contribution < -0.4 is 5.32 Å². The van der Waals surface area contributed by atoms with E-state index in [1.165, 1.54) is 6.42 Å². The minimum Gasteiger partial charge on any atom is -0.376 e. The summed E-state index contributed by atoms with van der Waals surface area (Å²) in [7, 11) is 0. The number of hydrogen-bond donors (Lipinski definition) is 1. The zero-order chi connectivity index (χ0) is 13.5. The molecule has 18 heavy (non-hydrogen) atoms. The van der Waals surface area contributed by atoms with Gasteiger partial charge < -0.3 is 10.1 Å². The van der Waals surface area contributed by atoms with Gasteiger partial charge in [-0.2, -0.15) is 0 Å². The summed E-state index contributed by atoms with van der Waals surface area (Å²) in [5.41, 5.74) is 1.10. The third-order valence-corrected chi connectivity index (χ3v) is 3.67. The van der Waals surface area contributed by atoms with Gasteiger partial charge in [-0.05, 0) is 19.3 Å². The minimum atomic E-state index is 0.640. The van der Waals surface area contributed by atoms with Gasteiger partial charge in [0.2, 0.25) is 0 Å². The largest absolute Gasteiger partial charge is 0.376 e. The second kappa shape index (κ2) is 7.93. The standard InChI is InChI=1S/C15H30N2O/c1-6-14-10-17(7-8-18-11-12(2)3)15(9-16-14)13(4)5/h13-16H,2,6-11H2,1,3-5H3. The molecule has 2 unspecified atom stereocenters. The number of piperazine rings is 1. The molecule has 0 spiro atoms. The highest BCUT2D eigenvalue weighted by Crippen LogP contribution is 2.15. The van der Waals surface area contributed by atoms with Crippen LogP contribution in [0.5, 0.6) is 0 Å². The first-order valence-corrected chi connectivity index (χ1v) is 7.24. The third kappa shape index (κ3) is 5.09. The van der Waals surface area contributed by atoms with Crippen molar-refractivity contribution in [1.82, 2.24) is 10.2 Å². The summed E-state index contributed by atoms with van der Waals surface area (Å²) in [5.74, 6) is 0.691. The SMILES string of the molecule is C=C(C)COCCN1CC(CC)NCC1C(C)C. The highest BCUT2D eigenvalue weighted by atomic mass is 16.5. The molecule has 1 fully saturated rings. The average molecular weight is 254 g/mol. The lowest BCUT2D eigenvalue weighted by molar-refractivity contribution is 0.0560. The molecule has 1 N–H and O–H groups in total. The zero-order valence-corrected chi connectivity index (χ0v) is 12.5. The number of ether oxygens (including phenoxy) is 1. The molecule has 1 saturated heterocycles. The van der Waals surface area contributed by atoms with Gasteiger partial charge in [-0.25, -0.2) is 0 Å². The first kappa shape index (κ1) is 15.7. The fourth-order valence-corrected chi connectivity index (χ4v) is 2.52. The molecule has 2 atom stereocenters. The molecule has 0 aliphatic carbocycles. The van der Waals surface area contributed by atoms with Crippen LogP contribution in [0, 0.1) is 5.92 Å². The van der Waals surface area contributed by atoms with E-state index in [0.29, 0.717) is 24.6 Å². The minimum absolute atomic E-state index is 0.640. The highest BCUT2D eigenvalue weighted by Gasteiger charge is 2.28. The van der Waals surface area contributed by atoms with Crippen LogP contribution in [0.2, 0.25) is 0 Å². The van der Waals surface area contributed by atoms with Crippen LogP contribution in [0.4, 0.5) is 0 Å². The molecule has 0 aromatic heterocycles. The first-order chi connectivity index (χ1) is 8.54. The Morgan fingerprint density at radius 1 is 1.50 bits per heavy atom. The number of nitrogens with one attached hydrogen (secondary N) is 1. The van der Waals surface area contributed by atoms with Crippen molar-refractivity contribution in [2.24, 2.45) is 5.92 Å². The van der Waals surface area contributed by atoms with Gasteiger partial charge in [0, 0.05) is 31.7 Å². The molecule has 0 amide bonds. The quantitative estimate of drug-likeness (QED) is 0.557. The van der Waals surface area contributed by atoms with E-state index in [2.05, 4.69) is 37.6 Å². The Balaban J connectivity index is 2.38. The van der Waals surface area contributed by atoms with Crippen LogP contribution >= 0.6 is 0 Å². The van der Waals surface area contributed by atoms with Gasteiger partial charge in [0.05, 0.1) is 13.2 Å². The van der Waals surface area contributed by atoms with Crippen LogP contribution in [0.3, 0.4) is 0 Å². The summed E-state index contributed by atoms with van der Waals surface area (Å²) in [5, 5.41) is 3.64. The predicted molar refractivity (Wildman–Crippen MR) is 77.9 cm³/mol. The van der Waals surface area contributed by atoms with Crippen LogP contribution in [0.15, 0.2) is 12.2 Å². The number of hydrogen-bond acceptors (Lipinski definition) is 3. The van der Waals surface area contributed by atoms with Crippen molar-refractivity contribution in [3.8, 4) is 0 Å². The van der Waals surface area contributed by atoms with Gasteiger partial charge in [0.15, 0.2) is 0 Å². The smallest absolute Gasteiger partial charge is 0.0672 e. The molecule has 0 aromatic carbocycles. The van der Waals surface area contributed by atoms with Gasteiger partial charge in [-0.3, -0.25) is 4.90 Å². The fraction of sp³-hybridized carbons (Fsp3) is 0.867. The van der Waals surface area contributed by atoms with Crippen molar-refractivity contribution in [3.05, 3.63) is 12.2 Å². The lowest BCUT2D eigenvalue weighted by atomic mass is 9.98. The van der Waals surface area contributed by atoms with E-state index in [4.69, 9.17) is 4.74 Å². The van der Waals surface area contributed by atoms with E-state index in [0.717, 1.165) is 31.8 Å². The molecular formula is C15H30N2O. The summed E-state index contributed by atoms with van der Waals surface area (Å²) in [4.78, 5) is 2.59. The Morgan fingerprint density at radius 2 is 2.22 bits per heavy atom. The van der Waals surface area contributed by atoms with Crippen molar-refractivity contribution in [2.45, 2.75) is 46.2 Å². The Labute approximate surface area is 113 Å². The van der Waals surface area contributed by atoms with Crippen molar-refractivity contribution in [1.29, 1.82) is 0 Å². The topological polar surface area (TPSA) is 24.5 Å². The Bertz CT molecular complexity index is 253. The summed E-state index contributed by atoms with van der Waals surface area (Å²) >= 11 is 0. The van der Waals surface area contributed by atoms with E-state index >= 15 is 0 Å². The molecule has 3 heteroatoms. The van der Waals surface area contributed by atoms with Gasteiger partial charge >= 0.3 is 0 Å². The maximum Gasteiger partial charge on any atom is 0.0672 e. The van der Waals surface area contributed by atoms with Gasteiger partial charge in [-0.15, -0.1) is 0 Å². The molecule has 0 aromatic rings. The van der Waals surface area contributed by atoms with Gasteiger partial charge in [0.25, 0.3) is 0 Å². The summed E-state index contributed by atoms with van der Waals surface area (Å²) in [6, 6.07) is 1.28. The average Bonchev–Trinajstić information content (AvgIpc) is 2.33. The number of rotatable bonds is 7. The molecule has 1 rings (SSSR count). The van der Waals surface area contributed by atoms with Crippen molar-refractivity contribution in [2.75, 3.05) is 32.8 Å². The second-order valence-electron chi connectivity index (χ2n) is 5.83. The maximum atomic E-state index is 5.63. The van der Waals surface area contributed by atoms with Crippen molar-refractivity contribution < 1.29 is 4.74 Å². The van der Waals surface area contributed by atoms with Crippen molar-refractivity contribution in [3.63, 3.8) is 0 Å². The summed E-state index contributed by atoms with van der Waals surface area (Å²) in [6.45, 7) is 17.5. The summed E-state index contributed by atoms with van der Waals surface area (Å²) in [6.07, 6.45) is 1.20. The van der Waals surface area contributed by atoms with E-state index < -0.39 is 0 Å². The molecule has 3 nitrogen and oxygen atoms in total. The van der Waals surface area contributed by atoms with E-state index in [1.54, 1.807) is 0 Å². The lowest BCUT2D eigenvalue weighted by Gasteiger charge is -2.42. The van der Waals surface area contributed by atoms with E-state index in [-0.39, 0.29) is 0 Å². The lowest BCUT2D eigenvalue weighted by Crippen LogP contribution is -2.58. The molecule has 1 heterocycles. The van der Waals surface area contributed by atoms with E-state index in [9.17, 15) is 0 Å².